The zero-order chi connectivity index (χ0) is 13.0. The molecule has 104 valence electrons. The van der Waals surface area contributed by atoms with Crippen molar-refractivity contribution in [3.05, 3.63) is 0 Å². The summed E-state index contributed by atoms with van der Waals surface area (Å²) in [5.41, 5.74) is 5.79. The minimum Gasteiger partial charge on any atom is -0.351 e. The number of carbonyl (C=O) groups excluding carboxylic acids is 1. The van der Waals surface area contributed by atoms with E-state index in [-0.39, 0.29) is 6.03 Å². The predicted molar refractivity (Wildman–Crippen MR) is 73.4 cm³/mol. The van der Waals surface area contributed by atoms with Gasteiger partial charge in [-0.1, -0.05) is 26.2 Å². The van der Waals surface area contributed by atoms with Crippen LogP contribution in [0.1, 0.15) is 51.9 Å². The first-order valence-electron chi connectivity index (χ1n) is 7.37. The zero-order valence-electron chi connectivity index (χ0n) is 11.6. The van der Waals surface area contributed by atoms with Crippen LogP contribution in [0.4, 0.5) is 4.79 Å². The molecule has 18 heavy (non-hydrogen) atoms. The lowest BCUT2D eigenvalue weighted by Gasteiger charge is -2.37. The number of urea groups is 1. The maximum absolute atomic E-state index is 11.0. The number of carbonyl (C=O) groups is 1. The molecule has 0 spiro atoms. The van der Waals surface area contributed by atoms with Gasteiger partial charge < -0.3 is 16.0 Å². The predicted octanol–water partition coefficient (Wildman–Crippen LogP) is 2.09. The van der Waals surface area contributed by atoms with Crippen molar-refractivity contribution in [1.29, 1.82) is 0 Å². The summed E-state index contributed by atoms with van der Waals surface area (Å²) in [7, 11) is 0. The third-order valence-corrected chi connectivity index (χ3v) is 4.68. The van der Waals surface area contributed by atoms with Gasteiger partial charge in [-0.2, -0.15) is 0 Å². The van der Waals surface area contributed by atoms with Gasteiger partial charge in [0.1, 0.15) is 0 Å². The highest BCUT2D eigenvalue weighted by Crippen LogP contribution is 2.35. The Morgan fingerprint density at radius 1 is 1.28 bits per heavy atom. The molecule has 1 saturated carbocycles. The van der Waals surface area contributed by atoms with Gasteiger partial charge in [0.05, 0.1) is 0 Å². The quantitative estimate of drug-likeness (QED) is 0.809. The highest BCUT2D eigenvalue weighted by molar-refractivity contribution is 5.72. The highest BCUT2D eigenvalue weighted by atomic mass is 16.2. The molecule has 1 saturated heterocycles. The van der Waals surface area contributed by atoms with E-state index in [4.69, 9.17) is 5.73 Å². The molecule has 2 rings (SSSR count). The van der Waals surface area contributed by atoms with Gasteiger partial charge in [-0.3, -0.25) is 0 Å². The SMILES string of the molecule is CC1(CNC2CCN(C(N)=O)CC2)CCCCC1. The van der Waals surface area contributed by atoms with Crippen LogP contribution in [0, 0.1) is 5.41 Å². The van der Waals surface area contributed by atoms with Crippen LogP contribution in [0.25, 0.3) is 0 Å². The summed E-state index contributed by atoms with van der Waals surface area (Å²) in [6.45, 7) is 5.17. The van der Waals surface area contributed by atoms with Crippen molar-refractivity contribution in [2.24, 2.45) is 11.1 Å². The number of hydrogen-bond acceptors (Lipinski definition) is 2. The molecular formula is C14H27N3O. The van der Waals surface area contributed by atoms with Gasteiger partial charge in [-0.25, -0.2) is 4.79 Å². The Balaban J connectivity index is 1.70. The fourth-order valence-corrected chi connectivity index (χ4v) is 3.28. The minimum atomic E-state index is -0.271. The summed E-state index contributed by atoms with van der Waals surface area (Å²) in [6, 6.07) is 0.298. The molecule has 0 atom stereocenters. The molecule has 0 unspecified atom stereocenters. The second-order valence-electron chi connectivity index (χ2n) is 6.35. The van der Waals surface area contributed by atoms with Crippen molar-refractivity contribution >= 4 is 6.03 Å². The third-order valence-electron chi connectivity index (χ3n) is 4.68. The summed E-state index contributed by atoms with van der Waals surface area (Å²) < 4.78 is 0. The van der Waals surface area contributed by atoms with Crippen LogP contribution in [0.15, 0.2) is 0 Å². The summed E-state index contributed by atoms with van der Waals surface area (Å²) in [5.74, 6) is 0. The third kappa shape index (κ3) is 3.61. The Kier molecular flexibility index (Phi) is 4.49. The normalized spacial score (nSPS) is 25.1. The van der Waals surface area contributed by atoms with Crippen molar-refractivity contribution in [2.75, 3.05) is 19.6 Å². The molecule has 0 radical (unpaired) electrons. The van der Waals surface area contributed by atoms with E-state index in [1.807, 2.05) is 0 Å². The van der Waals surface area contributed by atoms with E-state index in [1.54, 1.807) is 4.90 Å². The second kappa shape index (κ2) is 5.91. The first kappa shape index (κ1) is 13.7. The summed E-state index contributed by atoms with van der Waals surface area (Å²) in [6.07, 6.45) is 8.99. The standard InChI is InChI=1S/C14H27N3O/c1-14(7-3-2-4-8-14)11-16-12-5-9-17(10-6-12)13(15)18/h12,16H,2-11H2,1H3,(H2,15,18). The second-order valence-corrected chi connectivity index (χ2v) is 6.35. The monoisotopic (exact) mass is 253 g/mol. The van der Waals surface area contributed by atoms with Crippen molar-refractivity contribution in [3.8, 4) is 0 Å². The summed E-state index contributed by atoms with van der Waals surface area (Å²) >= 11 is 0. The number of hydrogen-bond donors (Lipinski definition) is 2. The van der Waals surface area contributed by atoms with Crippen LogP contribution in [-0.2, 0) is 0 Å². The van der Waals surface area contributed by atoms with Crippen LogP contribution in [0.3, 0.4) is 0 Å². The van der Waals surface area contributed by atoms with E-state index in [1.165, 1.54) is 32.1 Å². The molecule has 2 amide bonds. The molecule has 3 N–H and O–H groups in total. The lowest BCUT2D eigenvalue weighted by atomic mass is 9.75. The first-order valence-corrected chi connectivity index (χ1v) is 7.37. The Bertz CT molecular complexity index is 279. The van der Waals surface area contributed by atoms with Gasteiger partial charge in [0, 0.05) is 25.7 Å². The molecule has 2 aliphatic rings. The van der Waals surface area contributed by atoms with Gasteiger partial charge in [-0.05, 0) is 31.1 Å². The van der Waals surface area contributed by atoms with Gasteiger partial charge in [0.15, 0.2) is 0 Å². The van der Waals surface area contributed by atoms with Crippen LogP contribution in [-0.4, -0.2) is 36.6 Å². The fourth-order valence-electron chi connectivity index (χ4n) is 3.28. The molecule has 1 aliphatic carbocycles. The number of piperidine rings is 1. The van der Waals surface area contributed by atoms with E-state index in [2.05, 4.69) is 12.2 Å². The largest absolute Gasteiger partial charge is 0.351 e. The average Bonchev–Trinajstić information content (AvgIpc) is 2.38. The molecule has 0 aromatic carbocycles. The smallest absolute Gasteiger partial charge is 0.314 e. The van der Waals surface area contributed by atoms with Crippen molar-refractivity contribution in [2.45, 2.75) is 57.9 Å². The molecule has 1 aliphatic heterocycles. The first-order chi connectivity index (χ1) is 8.59. The van der Waals surface area contributed by atoms with Crippen molar-refractivity contribution in [1.82, 2.24) is 10.2 Å². The maximum Gasteiger partial charge on any atom is 0.314 e. The zero-order valence-corrected chi connectivity index (χ0v) is 11.6. The molecule has 4 heteroatoms. The van der Waals surface area contributed by atoms with Gasteiger partial charge in [-0.15, -0.1) is 0 Å². The number of nitrogens with two attached hydrogens (primary N) is 1. The number of primary amides is 1. The highest BCUT2D eigenvalue weighted by Gasteiger charge is 2.28. The molecule has 4 nitrogen and oxygen atoms in total. The Hall–Kier alpha value is -0.770. The number of amides is 2. The summed E-state index contributed by atoms with van der Waals surface area (Å²) in [5, 5.41) is 3.71. The lowest BCUT2D eigenvalue weighted by molar-refractivity contribution is 0.166. The summed E-state index contributed by atoms with van der Waals surface area (Å²) in [4.78, 5) is 12.8. The Morgan fingerprint density at radius 2 is 1.89 bits per heavy atom. The Morgan fingerprint density at radius 3 is 2.44 bits per heavy atom. The average molecular weight is 253 g/mol. The van der Waals surface area contributed by atoms with Crippen molar-refractivity contribution in [3.63, 3.8) is 0 Å². The molecule has 0 aromatic heterocycles. The maximum atomic E-state index is 11.0. The van der Waals surface area contributed by atoms with Gasteiger partial charge in [0.2, 0.25) is 0 Å². The number of likely N-dealkylation sites (tertiary alicyclic amines) is 1. The van der Waals surface area contributed by atoms with E-state index < -0.39 is 0 Å². The number of rotatable bonds is 3. The molecule has 0 bridgehead atoms. The van der Waals surface area contributed by atoms with E-state index >= 15 is 0 Å². The van der Waals surface area contributed by atoms with Crippen molar-refractivity contribution < 1.29 is 4.79 Å². The fraction of sp³-hybridized carbons (Fsp3) is 0.929. The number of nitrogens with one attached hydrogen (secondary N) is 1. The lowest BCUT2D eigenvalue weighted by Crippen LogP contribution is -2.48. The molecule has 0 aromatic rings. The minimum absolute atomic E-state index is 0.271. The van der Waals surface area contributed by atoms with E-state index in [0.717, 1.165) is 32.5 Å². The van der Waals surface area contributed by atoms with Gasteiger partial charge in [0.25, 0.3) is 0 Å². The molecule has 2 fully saturated rings. The molecular weight excluding hydrogens is 226 g/mol. The van der Waals surface area contributed by atoms with Crippen LogP contribution < -0.4 is 11.1 Å². The van der Waals surface area contributed by atoms with Crippen LogP contribution in [0.5, 0.6) is 0 Å². The number of nitrogens with zero attached hydrogens (tertiary/aromatic N) is 1. The topological polar surface area (TPSA) is 58.4 Å². The van der Waals surface area contributed by atoms with Crippen LogP contribution in [0.2, 0.25) is 0 Å². The van der Waals surface area contributed by atoms with Gasteiger partial charge >= 0.3 is 6.03 Å². The van der Waals surface area contributed by atoms with Crippen LogP contribution >= 0.6 is 0 Å². The molecule has 1 heterocycles. The Labute approximate surface area is 110 Å². The van der Waals surface area contributed by atoms with E-state index in [9.17, 15) is 4.79 Å². The van der Waals surface area contributed by atoms with E-state index in [0.29, 0.717) is 11.5 Å².